The zero-order valence-corrected chi connectivity index (χ0v) is 21.5. The van der Waals surface area contributed by atoms with Crippen LogP contribution in [0.1, 0.15) is 96.5 Å². The van der Waals surface area contributed by atoms with Crippen LogP contribution in [0.15, 0.2) is 54.6 Å². The Kier molecular flexibility index (Phi) is 13.3. The van der Waals surface area contributed by atoms with Gasteiger partial charge in [0.15, 0.2) is 0 Å². The van der Waals surface area contributed by atoms with Gasteiger partial charge in [-0.15, -0.1) is 0 Å². The molecule has 2 aromatic carbocycles. The lowest BCUT2D eigenvalue weighted by Gasteiger charge is -2.14. The van der Waals surface area contributed by atoms with E-state index in [9.17, 15) is 9.46 Å². The van der Waals surface area contributed by atoms with E-state index in [1.807, 2.05) is 18.2 Å². The second-order valence-electron chi connectivity index (χ2n) is 9.43. The van der Waals surface area contributed by atoms with Gasteiger partial charge in [0.05, 0.1) is 0 Å². The predicted molar refractivity (Wildman–Crippen MR) is 138 cm³/mol. The van der Waals surface area contributed by atoms with Gasteiger partial charge in [0.25, 0.3) is 0 Å². The van der Waals surface area contributed by atoms with Gasteiger partial charge in [-0.1, -0.05) is 115 Å². The van der Waals surface area contributed by atoms with Crippen LogP contribution < -0.4 is 9.05 Å². The molecule has 0 aliphatic heterocycles. The summed E-state index contributed by atoms with van der Waals surface area (Å²) in [6.45, 7) is 4.62. The molecule has 184 valence electrons. The minimum atomic E-state index is -4.20. The van der Waals surface area contributed by atoms with Crippen molar-refractivity contribution in [2.45, 2.75) is 97.3 Å². The first-order valence-electron chi connectivity index (χ1n) is 12.8. The van der Waals surface area contributed by atoms with E-state index in [0.29, 0.717) is 11.5 Å². The van der Waals surface area contributed by atoms with Gasteiger partial charge < -0.3 is 9.05 Å². The quantitative estimate of drug-likeness (QED) is 0.173. The zero-order chi connectivity index (χ0) is 23.8. The maximum absolute atomic E-state index is 12.2. The minimum Gasteiger partial charge on any atom is -0.395 e. The van der Waals surface area contributed by atoms with Crippen molar-refractivity contribution in [1.82, 2.24) is 0 Å². The molecule has 0 amide bonds. The number of hydrogen-bond donors (Lipinski definition) is 1. The summed E-state index contributed by atoms with van der Waals surface area (Å²) in [4.78, 5) is 9.95. The minimum absolute atomic E-state index is 0.303. The lowest BCUT2D eigenvalue weighted by atomic mass is 10.0. The Balaban J connectivity index is 1.50. The molecule has 1 unspecified atom stereocenters. The Bertz CT molecular complexity index is 789. The fourth-order valence-corrected chi connectivity index (χ4v) is 4.77. The monoisotopic (exact) mass is 474 g/mol. The van der Waals surface area contributed by atoms with E-state index in [1.165, 1.54) is 82.6 Å². The van der Waals surface area contributed by atoms with Crippen molar-refractivity contribution >= 4 is 7.82 Å². The molecule has 0 radical (unpaired) electrons. The molecule has 0 aliphatic rings. The number of unbranched alkanes of at least 4 members (excludes halogenated alkanes) is 10. The highest BCUT2D eigenvalue weighted by Gasteiger charge is 2.24. The van der Waals surface area contributed by atoms with Gasteiger partial charge in [-0.3, -0.25) is 4.89 Å². The van der Waals surface area contributed by atoms with Gasteiger partial charge >= 0.3 is 7.82 Å². The first-order chi connectivity index (χ1) is 15.9. The molecule has 0 spiro atoms. The molecule has 0 saturated carbocycles. The molecule has 0 heterocycles. The Labute approximate surface area is 201 Å². The van der Waals surface area contributed by atoms with E-state index in [-0.39, 0.29) is 0 Å². The first kappa shape index (κ1) is 27.5. The molecule has 4 nitrogen and oxygen atoms in total. The summed E-state index contributed by atoms with van der Waals surface area (Å²) in [5.41, 5.74) is 1.22. The molecule has 0 fully saturated rings. The van der Waals surface area contributed by atoms with Gasteiger partial charge in [-0.05, 0) is 48.6 Å². The number of aryl methyl sites for hydroxylation is 1. The van der Waals surface area contributed by atoms with Crippen molar-refractivity contribution in [2.75, 3.05) is 0 Å². The van der Waals surface area contributed by atoms with Crippen LogP contribution in [0.3, 0.4) is 0 Å². The summed E-state index contributed by atoms with van der Waals surface area (Å²) in [5, 5.41) is 0. The fourth-order valence-electron chi connectivity index (χ4n) is 3.96. The summed E-state index contributed by atoms with van der Waals surface area (Å²) in [5.74, 6) is 1.49. The Morgan fingerprint density at radius 1 is 0.667 bits per heavy atom. The van der Waals surface area contributed by atoms with Crippen LogP contribution >= 0.6 is 7.82 Å². The normalized spacial score (nSPS) is 13.1. The first-order valence-corrected chi connectivity index (χ1v) is 14.3. The van der Waals surface area contributed by atoms with Crippen molar-refractivity contribution in [3.05, 3.63) is 60.2 Å². The number of phosphoric acid groups is 1. The topological polar surface area (TPSA) is 55.8 Å². The summed E-state index contributed by atoms with van der Waals surface area (Å²) in [6, 6.07) is 15.9. The maximum Gasteiger partial charge on any atom is 0.584 e. The largest absolute Gasteiger partial charge is 0.584 e. The molecule has 1 atom stereocenters. The van der Waals surface area contributed by atoms with Gasteiger partial charge in [-0.2, -0.15) is 0 Å². The smallest absolute Gasteiger partial charge is 0.395 e. The second kappa shape index (κ2) is 16.0. The van der Waals surface area contributed by atoms with E-state index in [4.69, 9.17) is 9.05 Å². The van der Waals surface area contributed by atoms with Crippen LogP contribution in [0.2, 0.25) is 0 Å². The predicted octanol–water partition coefficient (Wildman–Crippen LogP) is 9.12. The van der Waals surface area contributed by atoms with Crippen molar-refractivity contribution < 1.29 is 18.5 Å². The number of phosphoric ester groups is 1. The van der Waals surface area contributed by atoms with E-state index < -0.39 is 7.82 Å². The van der Waals surface area contributed by atoms with E-state index in [1.54, 1.807) is 36.4 Å². The SMILES string of the molecule is CC(C)CCCCCCCCCCCCCc1ccc(OP(=O)(O)Oc2ccccc2)cc1. The average Bonchev–Trinajstić information content (AvgIpc) is 2.78. The van der Waals surface area contributed by atoms with Crippen LogP contribution in [-0.2, 0) is 11.0 Å². The number of benzene rings is 2. The van der Waals surface area contributed by atoms with Crippen LogP contribution in [0.5, 0.6) is 11.5 Å². The van der Waals surface area contributed by atoms with E-state index in [0.717, 1.165) is 12.3 Å². The summed E-state index contributed by atoms with van der Waals surface area (Å²) < 4.78 is 22.4. The van der Waals surface area contributed by atoms with Gasteiger partial charge in [0.2, 0.25) is 0 Å². The van der Waals surface area contributed by atoms with E-state index in [2.05, 4.69) is 13.8 Å². The number of rotatable bonds is 18. The van der Waals surface area contributed by atoms with Crippen LogP contribution in [0.25, 0.3) is 0 Å². The lowest BCUT2D eigenvalue weighted by Crippen LogP contribution is -1.99. The number of hydrogen-bond acceptors (Lipinski definition) is 3. The van der Waals surface area contributed by atoms with Crippen molar-refractivity contribution in [2.24, 2.45) is 5.92 Å². The summed E-state index contributed by atoms with van der Waals surface area (Å²) in [7, 11) is -4.20. The highest BCUT2D eigenvalue weighted by atomic mass is 31.2. The third kappa shape index (κ3) is 13.5. The summed E-state index contributed by atoms with van der Waals surface area (Å²) >= 11 is 0. The molecule has 0 aromatic heterocycles. The molecule has 33 heavy (non-hydrogen) atoms. The van der Waals surface area contributed by atoms with Crippen molar-refractivity contribution in [3.8, 4) is 11.5 Å². The maximum atomic E-state index is 12.2. The Morgan fingerprint density at radius 3 is 1.64 bits per heavy atom. The molecule has 0 bridgehead atoms. The zero-order valence-electron chi connectivity index (χ0n) is 20.6. The highest BCUT2D eigenvalue weighted by molar-refractivity contribution is 7.48. The fraction of sp³-hybridized carbons (Fsp3) is 0.571. The summed E-state index contributed by atoms with van der Waals surface area (Å²) in [6.07, 6.45) is 17.2. The molecular formula is C28H43O4P. The van der Waals surface area contributed by atoms with Crippen LogP contribution in [-0.4, -0.2) is 4.89 Å². The van der Waals surface area contributed by atoms with Gasteiger partial charge in [0.1, 0.15) is 11.5 Å². The van der Waals surface area contributed by atoms with E-state index >= 15 is 0 Å². The molecule has 0 aliphatic carbocycles. The third-order valence-electron chi connectivity index (χ3n) is 5.86. The lowest BCUT2D eigenvalue weighted by molar-refractivity contribution is 0.291. The average molecular weight is 475 g/mol. The van der Waals surface area contributed by atoms with Crippen molar-refractivity contribution in [1.29, 1.82) is 0 Å². The second-order valence-corrected chi connectivity index (χ2v) is 10.7. The van der Waals surface area contributed by atoms with Crippen LogP contribution in [0, 0.1) is 5.92 Å². The molecular weight excluding hydrogens is 431 g/mol. The standard InChI is InChI=1S/C28H43O4P/c1-25(2)17-13-10-8-6-4-3-5-7-9-11-14-18-26-21-23-28(24-22-26)32-33(29,30)31-27-19-15-12-16-20-27/h12,15-16,19-25H,3-11,13-14,17-18H2,1-2H3,(H,29,30). The van der Waals surface area contributed by atoms with Gasteiger partial charge in [0, 0.05) is 0 Å². The molecule has 1 N–H and O–H groups in total. The molecule has 0 saturated heterocycles. The van der Waals surface area contributed by atoms with Crippen LogP contribution in [0.4, 0.5) is 0 Å². The Morgan fingerprint density at radius 2 is 1.12 bits per heavy atom. The molecule has 2 rings (SSSR count). The Hall–Kier alpha value is -1.77. The molecule has 5 heteroatoms. The number of para-hydroxylation sites is 1. The highest BCUT2D eigenvalue weighted by Crippen LogP contribution is 2.44. The molecule has 2 aromatic rings. The van der Waals surface area contributed by atoms with Crippen molar-refractivity contribution in [3.63, 3.8) is 0 Å². The third-order valence-corrected chi connectivity index (χ3v) is 6.74. The van der Waals surface area contributed by atoms with Gasteiger partial charge in [-0.25, -0.2) is 4.57 Å².